The molecular formula is C10H13BrClOPS2. The second kappa shape index (κ2) is 6.77. The average Bonchev–Trinajstić information content (AvgIpc) is 2.20. The Kier molecular flexibility index (Phi) is 6.35. The number of rotatable bonds is 5. The Morgan fingerprint density at radius 1 is 1.44 bits per heavy atom. The van der Waals surface area contributed by atoms with Crippen LogP contribution in [0.25, 0.3) is 0 Å². The summed E-state index contributed by atoms with van der Waals surface area (Å²) in [4.78, 5) is 1.10. The fourth-order valence-electron chi connectivity index (χ4n) is 1.05. The summed E-state index contributed by atoms with van der Waals surface area (Å²) in [5.74, 6) is 0. The van der Waals surface area contributed by atoms with E-state index in [0.717, 1.165) is 9.37 Å². The third-order valence-corrected chi connectivity index (χ3v) is 9.19. The van der Waals surface area contributed by atoms with Crippen LogP contribution in [0, 0.1) is 0 Å². The maximum atomic E-state index is 5.92. The van der Waals surface area contributed by atoms with E-state index in [1.807, 2.05) is 38.1 Å². The van der Waals surface area contributed by atoms with E-state index in [1.54, 1.807) is 11.4 Å². The van der Waals surface area contributed by atoms with Crippen molar-refractivity contribution >= 4 is 56.2 Å². The molecule has 0 radical (unpaired) electrons. The quantitative estimate of drug-likeness (QED) is 0.509. The molecule has 90 valence electrons. The van der Waals surface area contributed by atoms with Crippen molar-refractivity contribution < 1.29 is 4.52 Å². The summed E-state index contributed by atoms with van der Waals surface area (Å²) in [5, 5.41) is 0. The largest absolute Gasteiger partial charge is 0.337 e. The van der Waals surface area contributed by atoms with Gasteiger partial charge < -0.3 is 4.52 Å². The van der Waals surface area contributed by atoms with E-state index in [4.69, 9.17) is 27.9 Å². The zero-order valence-electron chi connectivity index (χ0n) is 9.02. The minimum atomic E-state index is -1.99. The second-order valence-corrected chi connectivity index (χ2v) is 12.2. The second-order valence-electron chi connectivity index (χ2n) is 3.43. The zero-order valence-corrected chi connectivity index (χ0v) is 13.9. The van der Waals surface area contributed by atoms with Crippen LogP contribution in [0.1, 0.15) is 13.8 Å². The predicted octanol–water partition coefficient (Wildman–Crippen LogP) is 5.47. The lowest BCUT2D eigenvalue weighted by Gasteiger charge is -2.21. The van der Waals surface area contributed by atoms with Gasteiger partial charge in [-0.1, -0.05) is 39.1 Å². The Bertz CT molecular complexity index is 383. The number of hydrogen-bond acceptors (Lipinski definition) is 3. The lowest BCUT2D eigenvalue weighted by molar-refractivity contribution is 0.277. The van der Waals surface area contributed by atoms with E-state index >= 15 is 0 Å². The van der Waals surface area contributed by atoms with Crippen LogP contribution in [0.15, 0.2) is 33.6 Å². The first-order valence-electron chi connectivity index (χ1n) is 4.74. The molecule has 6 heteroatoms. The Hall–Kier alpha value is 0.950. The maximum absolute atomic E-state index is 5.92. The van der Waals surface area contributed by atoms with E-state index < -0.39 is 5.47 Å². The molecule has 1 nitrogen and oxygen atoms in total. The summed E-state index contributed by atoms with van der Waals surface area (Å²) >= 11 is 16.4. The van der Waals surface area contributed by atoms with E-state index in [1.165, 1.54) is 0 Å². The topological polar surface area (TPSA) is 9.23 Å². The fourth-order valence-corrected chi connectivity index (χ4v) is 6.71. The highest BCUT2D eigenvalue weighted by Crippen LogP contribution is 2.64. The van der Waals surface area contributed by atoms with Gasteiger partial charge in [0.05, 0.1) is 11.7 Å². The van der Waals surface area contributed by atoms with Crippen LogP contribution in [0.5, 0.6) is 0 Å². The van der Waals surface area contributed by atoms with Crippen molar-refractivity contribution in [1.82, 2.24) is 0 Å². The third kappa shape index (κ3) is 5.07. The van der Waals surface area contributed by atoms with Gasteiger partial charge in [-0.25, -0.2) is 0 Å². The van der Waals surface area contributed by atoms with Crippen LogP contribution >= 0.6 is 44.4 Å². The molecule has 0 aliphatic rings. The highest BCUT2D eigenvalue weighted by atomic mass is 79.9. The molecule has 1 aromatic rings. The standard InChI is InChI=1S/C10H13BrClOPS2/c1-8(2)13-14(15,7-12)16-10-5-3-9(11)4-6-10/h3-6,8H,7H2,1-2H3. The monoisotopic (exact) mass is 358 g/mol. The van der Waals surface area contributed by atoms with Gasteiger partial charge in [-0.15, -0.1) is 11.6 Å². The van der Waals surface area contributed by atoms with Gasteiger partial charge in [0, 0.05) is 9.37 Å². The Labute approximate surface area is 119 Å². The molecule has 1 atom stereocenters. The van der Waals surface area contributed by atoms with Crippen LogP contribution in [-0.2, 0) is 16.3 Å². The molecule has 0 amide bonds. The van der Waals surface area contributed by atoms with Gasteiger partial charge in [0.15, 0.2) is 0 Å². The number of benzene rings is 1. The van der Waals surface area contributed by atoms with Crippen molar-refractivity contribution in [1.29, 1.82) is 0 Å². The highest BCUT2D eigenvalue weighted by molar-refractivity contribution is 9.10. The SMILES string of the molecule is CC(C)OP(=S)(CCl)Sc1ccc(Br)cc1. The van der Waals surface area contributed by atoms with Crippen molar-refractivity contribution in [3.63, 3.8) is 0 Å². The van der Waals surface area contributed by atoms with Crippen LogP contribution in [0.2, 0.25) is 0 Å². The molecule has 0 spiro atoms. The molecule has 0 fully saturated rings. The first kappa shape index (κ1) is 15.0. The number of halogens is 2. The molecule has 0 bridgehead atoms. The number of hydrogen-bond donors (Lipinski definition) is 0. The third-order valence-electron chi connectivity index (χ3n) is 1.58. The van der Waals surface area contributed by atoms with Gasteiger partial charge in [0.25, 0.3) is 0 Å². The van der Waals surface area contributed by atoms with Crippen molar-refractivity contribution in [3.05, 3.63) is 28.7 Å². The minimum absolute atomic E-state index is 0.118. The van der Waals surface area contributed by atoms with E-state index in [9.17, 15) is 0 Å². The molecule has 0 saturated carbocycles. The highest BCUT2D eigenvalue weighted by Gasteiger charge is 2.20. The summed E-state index contributed by atoms with van der Waals surface area (Å²) in [6.45, 7) is 3.96. The van der Waals surface area contributed by atoms with Crippen LogP contribution in [0.4, 0.5) is 0 Å². The predicted molar refractivity (Wildman–Crippen MR) is 81.2 cm³/mol. The first-order valence-corrected chi connectivity index (χ1v) is 10.4. The normalized spacial score (nSPS) is 15.1. The molecule has 0 aliphatic carbocycles. The lowest BCUT2D eigenvalue weighted by atomic mass is 10.4. The van der Waals surface area contributed by atoms with Crippen LogP contribution < -0.4 is 0 Å². The molecule has 1 unspecified atom stereocenters. The fraction of sp³-hybridized carbons (Fsp3) is 0.400. The molecule has 0 heterocycles. The summed E-state index contributed by atoms with van der Waals surface area (Å²) in [6, 6.07) is 8.02. The van der Waals surface area contributed by atoms with Gasteiger partial charge in [-0.2, -0.15) is 0 Å². The van der Waals surface area contributed by atoms with Crippen molar-refractivity contribution in [2.45, 2.75) is 24.8 Å². The lowest BCUT2D eigenvalue weighted by Crippen LogP contribution is -1.99. The summed E-state index contributed by atoms with van der Waals surface area (Å²) in [5.41, 5.74) is -1.60. The molecule has 1 aromatic carbocycles. The molecule has 1 rings (SSSR count). The van der Waals surface area contributed by atoms with Crippen LogP contribution in [-0.4, -0.2) is 11.7 Å². The molecule has 0 aromatic heterocycles. The van der Waals surface area contributed by atoms with Crippen LogP contribution in [0.3, 0.4) is 0 Å². The summed E-state index contributed by atoms with van der Waals surface area (Å²) < 4.78 is 6.82. The smallest absolute Gasteiger partial charge is 0.138 e. The van der Waals surface area contributed by atoms with E-state index in [2.05, 4.69) is 15.9 Å². The van der Waals surface area contributed by atoms with E-state index in [0.29, 0.717) is 5.62 Å². The van der Waals surface area contributed by atoms with Gasteiger partial charge in [0.2, 0.25) is 0 Å². The maximum Gasteiger partial charge on any atom is 0.138 e. The summed E-state index contributed by atoms with van der Waals surface area (Å²) in [6.07, 6.45) is 0.118. The van der Waals surface area contributed by atoms with Gasteiger partial charge in [-0.05, 0) is 38.1 Å². The molecule has 0 aliphatic heterocycles. The molecule has 16 heavy (non-hydrogen) atoms. The van der Waals surface area contributed by atoms with Gasteiger partial charge in [-0.3, -0.25) is 0 Å². The van der Waals surface area contributed by atoms with Crippen molar-refractivity contribution in [2.75, 3.05) is 5.62 Å². The van der Waals surface area contributed by atoms with Crippen molar-refractivity contribution in [2.24, 2.45) is 0 Å². The Balaban J connectivity index is 2.77. The molecular weight excluding hydrogens is 347 g/mol. The van der Waals surface area contributed by atoms with Gasteiger partial charge in [0.1, 0.15) is 5.47 Å². The Morgan fingerprint density at radius 2 is 2.00 bits per heavy atom. The zero-order chi connectivity index (χ0) is 12.2. The minimum Gasteiger partial charge on any atom is -0.337 e. The number of alkyl halides is 1. The first-order chi connectivity index (χ1) is 7.45. The van der Waals surface area contributed by atoms with Crippen molar-refractivity contribution in [3.8, 4) is 0 Å². The molecule has 0 N–H and O–H groups in total. The van der Waals surface area contributed by atoms with Gasteiger partial charge >= 0.3 is 0 Å². The van der Waals surface area contributed by atoms with E-state index in [-0.39, 0.29) is 6.10 Å². The average molecular weight is 360 g/mol. The molecule has 0 saturated heterocycles. The summed E-state index contributed by atoms with van der Waals surface area (Å²) in [7, 11) is 0. The Morgan fingerprint density at radius 3 is 2.44 bits per heavy atom.